The lowest BCUT2D eigenvalue weighted by Gasteiger charge is -2.07. The van der Waals surface area contributed by atoms with Gasteiger partial charge in [-0.2, -0.15) is 0 Å². The van der Waals surface area contributed by atoms with Gasteiger partial charge < -0.3 is 24.8 Å². The maximum atomic E-state index is 12.2. The molecule has 0 fully saturated rings. The molecule has 0 atom stereocenters. The molecule has 126 valence electrons. The number of anilines is 1. The van der Waals surface area contributed by atoms with Crippen molar-refractivity contribution in [2.45, 2.75) is 6.54 Å². The van der Waals surface area contributed by atoms with Gasteiger partial charge in [0, 0.05) is 26.4 Å². The second kappa shape index (κ2) is 7.60. The van der Waals surface area contributed by atoms with Crippen LogP contribution in [-0.4, -0.2) is 42.9 Å². The van der Waals surface area contributed by atoms with Crippen molar-refractivity contribution in [3.8, 4) is 11.5 Å². The van der Waals surface area contributed by atoms with Crippen molar-refractivity contribution in [3.63, 3.8) is 0 Å². The molecular formula is C16H18N4O4. The van der Waals surface area contributed by atoms with Gasteiger partial charge in [-0.3, -0.25) is 4.79 Å². The summed E-state index contributed by atoms with van der Waals surface area (Å²) in [4.78, 5) is 20.5. The Balaban J connectivity index is 1.57. The molecule has 1 aliphatic rings. The van der Waals surface area contributed by atoms with Gasteiger partial charge in [0.15, 0.2) is 11.5 Å². The van der Waals surface area contributed by atoms with Gasteiger partial charge in [-0.05, 0) is 23.8 Å². The molecule has 0 spiro atoms. The standard InChI is InChI=1S/C16H18N4O4/c1-22-7-6-18-16-17-5-4-12(20-16)15(21)19-9-11-2-3-13-14(8-11)24-10-23-13/h2-5,8H,6-7,9-10H2,1H3,(H,19,21)(H,17,18,20). The number of rotatable bonds is 7. The SMILES string of the molecule is COCCNc1nccc(C(=O)NCc2ccc3c(c2)OCO3)n1. The molecule has 0 saturated heterocycles. The van der Waals surface area contributed by atoms with Crippen molar-refractivity contribution >= 4 is 11.9 Å². The largest absolute Gasteiger partial charge is 0.454 e. The zero-order valence-electron chi connectivity index (χ0n) is 13.2. The van der Waals surface area contributed by atoms with Crippen LogP contribution in [0.5, 0.6) is 11.5 Å². The molecule has 0 aliphatic carbocycles. The average molecular weight is 330 g/mol. The number of nitrogens with zero attached hydrogens (tertiary/aromatic N) is 2. The van der Waals surface area contributed by atoms with Crippen LogP contribution in [0.1, 0.15) is 16.1 Å². The highest BCUT2D eigenvalue weighted by atomic mass is 16.7. The number of nitrogens with one attached hydrogen (secondary N) is 2. The average Bonchev–Trinajstić information content (AvgIpc) is 3.08. The number of hydrogen-bond acceptors (Lipinski definition) is 7. The highest BCUT2D eigenvalue weighted by Gasteiger charge is 2.14. The van der Waals surface area contributed by atoms with Crippen LogP contribution in [0.3, 0.4) is 0 Å². The number of methoxy groups -OCH3 is 1. The van der Waals surface area contributed by atoms with Crippen LogP contribution >= 0.6 is 0 Å². The van der Waals surface area contributed by atoms with Crippen molar-refractivity contribution in [2.24, 2.45) is 0 Å². The van der Waals surface area contributed by atoms with E-state index in [1.165, 1.54) is 6.20 Å². The van der Waals surface area contributed by atoms with Gasteiger partial charge in [-0.15, -0.1) is 0 Å². The zero-order valence-corrected chi connectivity index (χ0v) is 13.2. The smallest absolute Gasteiger partial charge is 0.270 e. The van der Waals surface area contributed by atoms with E-state index < -0.39 is 0 Å². The van der Waals surface area contributed by atoms with E-state index >= 15 is 0 Å². The van der Waals surface area contributed by atoms with Gasteiger partial charge in [0.2, 0.25) is 12.7 Å². The summed E-state index contributed by atoms with van der Waals surface area (Å²) in [6.07, 6.45) is 1.54. The van der Waals surface area contributed by atoms with Crippen molar-refractivity contribution in [3.05, 3.63) is 41.7 Å². The second-order valence-corrected chi connectivity index (χ2v) is 5.06. The number of amides is 1. The summed E-state index contributed by atoms with van der Waals surface area (Å²) >= 11 is 0. The van der Waals surface area contributed by atoms with Gasteiger partial charge in [0.05, 0.1) is 6.61 Å². The first-order valence-corrected chi connectivity index (χ1v) is 7.49. The molecule has 1 aromatic heterocycles. The molecule has 3 rings (SSSR count). The Labute approximate surface area is 139 Å². The van der Waals surface area contributed by atoms with Gasteiger partial charge in [-0.1, -0.05) is 6.07 Å². The molecule has 1 amide bonds. The molecule has 8 nitrogen and oxygen atoms in total. The van der Waals surface area contributed by atoms with Crippen LogP contribution in [-0.2, 0) is 11.3 Å². The van der Waals surface area contributed by atoms with Crippen LogP contribution in [0.2, 0.25) is 0 Å². The van der Waals surface area contributed by atoms with Gasteiger partial charge >= 0.3 is 0 Å². The first-order valence-electron chi connectivity index (χ1n) is 7.49. The molecule has 1 aliphatic heterocycles. The van der Waals surface area contributed by atoms with Crippen molar-refractivity contribution in [1.82, 2.24) is 15.3 Å². The third kappa shape index (κ3) is 3.90. The number of carbonyl (C=O) groups is 1. The van der Waals surface area contributed by atoms with Gasteiger partial charge in [0.1, 0.15) is 5.69 Å². The van der Waals surface area contributed by atoms with E-state index in [1.54, 1.807) is 13.2 Å². The van der Waals surface area contributed by atoms with Crippen LogP contribution in [0.25, 0.3) is 0 Å². The first-order chi connectivity index (χ1) is 11.8. The molecule has 8 heteroatoms. The third-order valence-corrected chi connectivity index (χ3v) is 3.37. The monoisotopic (exact) mass is 330 g/mol. The fourth-order valence-corrected chi connectivity index (χ4v) is 2.16. The molecular weight excluding hydrogens is 312 g/mol. The van der Waals surface area contributed by atoms with Crippen LogP contribution in [0, 0.1) is 0 Å². The summed E-state index contributed by atoms with van der Waals surface area (Å²) in [6.45, 7) is 1.69. The Bertz CT molecular complexity index is 723. The topological polar surface area (TPSA) is 94.6 Å². The molecule has 24 heavy (non-hydrogen) atoms. The maximum Gasteiger partial charge on any atom is 0.270 e. The summed E-state index contributed by atoms with van der Waals surface area (Å²) in [6, 6.07) is 7.12. The molecule has 0 radical (unpaired) electrons. The normalized spacial score (nSPS) is 12.0. The molecule has 1 aromatic carbocycles. The van der Waals surface area contributed by atoms with E-state index in [0.29, 0.717) is 42.8 Å². The maximum absolute atomic E-state index is 12.2. The third-order valence-electron chi connectivity index (χ3n) is 3.37. The summed E-state index contributed by atoms with van der Waals surface area (Å²) in [5.41, 5.74) is 1.21. The van der Waals surface area contributed by atoms with E-state index in [1.807, 2.05) is 18.2 Å². The minimum atomic E-state index is -0.273. The molecule has 0 saturated carbocycles. The summed E-state index contributed by atoms with van der Waals surface area (Å²) in [7, 11) is 1.61. The summed E-state index contributed by atoms with van der Waals surface area (Å²) in [5, 5.41) is 5.81. The lowest BCUT2D eigenvalue weighted by atomic mass is 10.2. The lowest BCUT2D eigenvalue weighted by molar-refractivity contribution is 0.0946. The van der Waals surface area contributed by atoms with Crippen molar-refractivity contribution < 1.29 is 19.0 Å². The van der Waals surface area contributed by atoms with Crippen LogP contribution in [0.15, 0.2) is 30.5 Å². The number of hydrogen-bond donors (Lipinski definition) is 2. The fourth-order valence-electron chi connectivity index (χ4n) is 2.16. The number of ether oxygens (including phenoxy) is 3. The van der Waals surface area contributed by atoms with E-state index in [0.717, 1.165) is 5.56 Å². The first kappa shape index (κ1) is 16.0. The van der Waals surface area contributed by atoms with Crippen molar-refractivity contribution in [2.75, 3.05) is 32.4 Å². The van der Waals surface area contributed by atoms with Gasteiger partial charge in [-0.25, -0.2) is 9.97 Å². The van der Waals surface area contributed by atoms with Crippen LogP contribution in [0.4, 0.5) is 5.95 Å². The Morgan fingerprint density at radius 1 is 1.29 bits per heavy atom. The number of aromatic nitrogens is 2. The second-order valence-electron chi connectivity index (χ2n) is 5.06. The molecule has 2 aromatic rings. The highest BCUT2D eigenvalue weighted by Crippen LogP contribution is 2.32. The molecule has 2 N–H and O–H groups in total. The fraction of sp³-hybridized carbons (Fsp3) is 0.312. The van der Waals surface area contributed by atoms with Gasteiger partial charge in [0.25, 0.3) is 5.91 Å². The van der Waals surface area contributed by atoms with E-state index in [4.69, 9.17) is 14.2 Å². The predicted molar refractivity (Wildman–Crippen MR) is 86.1 cm³/mol. The summed E-state index contributed by atoms with van der Waals surface area (Å²) < 4.78 is 15.5. The Hall–Kier alpha value is -2.87. The Morgan fingerprint density at radius 3 is 3.04 bits per heavy atom. The molecule has 0 unspecified atom stereocenters. The molecule has 2 heterocycles. The Kier molecular flexibility index (Phi) is 5.07. The minimum Gasteiger partial charge on any atom is -0.454 e. The lowest BCUT2D eigenvalue weighted by Crippen LogP contribution is -2.24. The van der Waals surface area contributed by atoms with Crippen LogP contribution < -0.4 is 20.1 Å². The number of fused-ring (bicyclic) bond motifs is 1. The number of benzene rings is 1. The Morgan fingerprint density at radius 2 is 2.17 bits per heavy atom. The number of carbonyl (C=O) groups excluding carboxylic acids is 1. The summed E-state index contributed by atoms with van der Waals surface area (Å²) in [5.74, 6) is 1.52. The predicted octanol–water partition coefficient (Wildman–Crippen LogP) is 1.19. The highest BCUT2D eigenvalue weighted by molar-refractivity contribution is 5.92. The van der Waals surface area contributed by atoms with Crippen molar-refractivity contribution in [1.29, 1.82) is 0 Å². The van der Waals surface area contributed by atoms with E-state index in [9.17, 15) is 4.79 Å². The van der Waals surface area contributed by atoms with E-state index in [2.05, 4.69) is 20.6 Å². The molecule has 0 bridgehead atoms. The minimum absolute atomic E-state index is 0.227. The zero-order chi connectivity index (χ0) is 16.8. The van der Waals surface area contributed by atoms with E-state index in [-0.39, 0.29) is 12.7 Å². The quantitative estimate of drug-likeness (QED) is 0.736.